The molecule has 0 aromatic heterocycles. The highest BCUT2D eigenvalue weighted by molar-refractivity contribution is 5.79. The number of amides is 1. The fourth-order valence-electron chi connectivity index (χ4n) is 3.33. The van der Waals surface area contributed by atoms with Gasteiger partial charge in [-0.25, -0.2) is 0 Å². The van der Waals surface area contributed by atoms with Gasteiger partial charge in [-0.3, -0.25) is 4.79 Å². The van der Waals surface area contributed by atoms with Crippen LogP contribution in [0.5, 0.6) is 0 Å². The van der Waals surface area contributed by atoms with E-state index in [1.165, 1.54) is 0 Å². The second kappa shape index (κ2) is 5.89. The van der Waals surface area contributed by atoms with Gasteiger partial charge in [-0.15, -0.1) is 0 Å². The van der Waals surface area contributed by atoms with Crippen LogP contribution in [-0.2, 0) is 4.79 Å². The summed E-state index contributed by atoms with van der Waals surface area (Å²) < 4.78 is 0. The number of hydrogen-bond donors (Lipinski definition) is 2. The number of carbonyl (C=O) groups excluding carboxylic acids is 1. The van der Waals surface area contributed by atoms with Crippen molar-refractivity contribution in [3.63, 3.8) is 0 Å². The van der Waals surface area contributed by atoms with Crippen LogP contribution < -0.4 is 5.32 Å². The Labute approximate surface area is 114 Å². The number of rotatable bonds is 4. The molecule has 1 amide bonds. The van der Waals surface area contributed by atoms with Gasteiger partial charge in [-0.05, 0) is 32.6 Å². The van der Waals surface area contributed by atoms with E-state index in [0.717, 1.165) is 38.5 Å². The Morgan fingerprint density at radius 2 is 2.16 bits per heavy atom. The van der Waals surface area contributed by atoms with E-state index in [4.69, 9.17) is 5.26 Å². The average Bonchev–Trinajstić information content (AvgIpc) is 3.03. The number of nitriles is 1. The maximum atomic E-state index is 12.3. The van der Waals surface area contributed by atoms with Gasteiger partial charge in [-0.1, -0.05) is 12.8 Å². The highest BCUT2D eigenvalue weighted by Gasteiger charge is 2.37. The molecule has 0 aromatic carbocycles. The molecule has 5 nitrogen and oxygen atoms in total. The number of aliphatic hydroxyl groups excluding tert-OH is 1. The van der Waals surface area contributed by atoms with Crippen molar-refractivity contribution in [2.75, 3.05) is 13.2 Å². The molecule has 1 aliphatic heterocycles. The zero-order valence-electron chi connectivity index (χ0n) is 11.6. The van der Waals surface area contributed by atoms with Gasteiger partial charge in [0.25, 0.3) is 0 Å². The molecule has 0 bridgehead atoms. The first-order valence-corrected chi connectivity index (χ1v) is 7.18. The molecule has 2 N–H and O–H groups in total. The lowest BCUT2D eigenvalue weighted by Gasteiger charge is -2.30. The summed E-state index contributed by atoms with van der Waals surface area (Å²) in [5, 5.41) is 21.8. The number of aliphatic hydroxyl groups is 1. The van der Waals surface area contributed by atoms with Crippen molar-refractivity contribution in [1.29, 1.82) is 5.26 Å². The third-order valence-corrected chi connectivity index (χ3v) is 4.58. The van der Waals surface area contributed by atoms with Crippen molar-refractivity contribution in [2.24, 2.45) is 0 Å². The molecule has 1 saturated heterocycles. The molecule has 0 radical (unpaired) electrons. The van der Waals surface area contributed by atoms with Crippen molar-refractivity contribution in [3.8, 4) is 6.07 Å². The summed E-state index contributed by atoms with van der Waals surface area (Å²) in [4.78, 5) is 14.0. The predicted octanol–water partition coefficient (Wildman–Crippen LogP) is 0.784. The van der Waals surface area contributed by atoms with Crippen molar-refractivity contribution in [2.45, 2.75) is 63.1 Å². The number of likely N-dealkylation sites (tertiary alicyclic amines) is 1. The second-order valence-corrected chi connectivity index (χ2v) is 5.87. The lowest BCUT2D eigenvalue weighted by atomic mass is 9.99. The van der Waals surface area contributed by atoms with Crippen molar-refractivity contribution >= 4 is 5.91 Å². The number of carbonyl (C=O) groups is 1. The van der Waals surface area contributed by atoms with E-state index >= 15 is 0 Å². The zero-order valence-corrected chi connectivity index (χ0v) is 11.6. The van der Waals surface area contributed by atoms with Crippen LogP contribution in [-0.4, -0.2) is 46.7 Å². The topological polar surface area (TPSA) is 76.4 Å². The van der Waals surface area contributed by atoms with Crippen LogP contribution in [0.25, 0.3) is 0 Å². The largest absolute Gasteiger partial charge is 0.394 e. The van der Waals surface area contributed by atoms with E-state index in [2.05, 4.69) is 11.4 Å². The average molecular weight is 265 g/mol. The first kappa shape index (κ1) is 14.3. The molecule has 2 aliphatic rings. The Morgan fingerprint density at radius 3 is 2.74 bits per heavy atom. The summed E-state index contributed by atoms with van der Waals surface area (Å²) in [7, 11) is 0. The van der Waals surface area contributed by atoms with Crippen molar-refractivity contribution < 1.29 is 9.90 Å². The van der Waals surface area contributed by atoms with Gasteiger partial charge >= 0.3 is 0 Å². The highest BCUT2D eigenvalue weighted by atomic mass is 16.3. The standard InChI is InChI=1S/C14H23N3O2/c1-11-4-5-12(8-15)17(11)13(19)9-16-14(10-18)6-2-3-7-14/h11-12,16,18H,2-7,9-10H2,1H3/t11-,12-/m0/s1. The van der Waals surface area contributed by atoms with Crippen LogP contribution in [0.15, 0.2) is 0 Å². The smallest absolute Gasteiger partial charge is 0.237 e. The van der Waals surface area contributed by atoms with E-state index in [0.29, 0.717) is 0 Å². The van der Waals surface area contributed by atoms with Crippen LogP contribution >= 0.6 is 0 Å². The minimum absolute atomic E-state index is 0.0173. The SMILES string of the molecule is C[C@H]1CC[C@@H](C#N)N1C(=O)CNC1(CO)CCCC1. The summed E-state index contributed by atoms with van der Waals surface area (Å²) in [6.45, 7) is 2.30. The molecular formula is C14H23N3O2. The van der Waals surface area contributed by atoms with Crippen LogP contribution in [0.1, 0.15) is 45.4 Å². The molecule has 0 unspecified atom stereocenters. The summed E-state index contributed by atoms with van der Waals surface area (Å²) in [5.41, 5.74) is -0.277. The zero-order chi connectivity index (χ0) is 13.9. The maximum absolute atomic E-state index is 12.3. The number of nitrogens with zero attached hydrogens (tertiary/aromatic N) is 2. The Balaban J connectivity index is 1.92. The molecule has 2 rings (SSSR count). The Hall–Kier alpha value is -1.12. The monoisotopic (exact) mass is 265 g/mol. The molecule has 0 spiro atoms. The van der Waals surface area contributed by atoms with E-state index < -0.39 is 0 Å². The van der Waals surface area contributed by atoms with E-state index in [1.54, 1.807) is 4.90 Å². The minimum atomic E-state index is -0.280. The number of nitrogens with one attached hydrogen (secondary N) is 1. The van der Waals surface area contributed by atoms with Crippen LogP contribution in [0.3, 0.4) is 0 Å². The van der Waals surface area contributed by atoms with Gasteiger partial charge in [0.1, 0.15) is 6.04 Å². The van der Waals surface area contributed by atoms with Gasteiger partial charge < -0.3 is 15.3 Å². The van der Waals surface area contributed by atoms with Gasteiger partial charge in [0.15, 0.2) is 0 Å². The van der Waals surface area contributed by atoms with E-state index in [-0.39, 0.29) is 36.7 Å². The molecule has 1 aliphatic carbocycles. The van der Waals surface area contributed by atoms with E-state index in [9.17, 15) is 9.90 Å². The van der Waals surface area contributed by atoms with Gasteiger partial charge in [0.2, 0.25) is 5.91 Å². The quantitative estimate of drug-likeness (QED) is 0.787. The van der Waals surface area contributed by atoms with Crippen LogP contribution in [0.2, 0.25) is 0 Å². The lowest BCUT2D eigenvalue weighted by Crippen LogP contribution is -2.52. The molecule has 1 heterocycles. The lowest BCUT2D eigenvalue weighted by molar-refractivity contribution is -0.132. The highest BCUT2D eigenvalue weighted by Crippen LogP contribution is 2.29. The fraction of sp³-hybridized carbons (Fsp3) is 0.857. The third kappa shape index (κ3) is 2.90. The summed E-state index contributed by atoms with van der Waals surface area (Å²) >= 11 is 0. The molecule has 5 heteroatoms. The molecule has 19 heavy (non-hydrogen) atoms. The molecular weight excluding hydrogens is 242 g/mol. The summed E-state index contributed by atoms with van der Waals surface area (Å²) in [6, 6.07) is 2.07. The Bertz CT molecular complexity index is 371. The molecule has 2 fully saturated rings. The van der Waals surface area contributed by atoms with Crippen molar-refractivity contribution in [1.82, 2.24) is 10.2 Å². The molecule has 106 valence electrons. The first-order chi connectivity index (χ1) is 9.12. The second-order valence-electron chi connectivity index (χ2n) is 5.87. The Morgan fingerprint density at radius 1 is 1.47 bits per heavy atom. The normalized spacial score (nSPS) is 29.4. The number of hydrogen-bond acceptors (Lipinski definition) is 4. The maximum Gasteiger partial charge on any atom is 0.237 e. The van der Waals surface area contributed by atoms with E-state index in [1.807, 2.05) is 6.92 Å². The van der Waals surface area contributed by atoms with Gasteiger partial charge in [0.05, 0.1) is 19.2 Å². The van der Waals surface area contributed by atoms with Gasteiger partial charge in [0, 0.05) is 11.6 Å². The van der Waals surface area contributed by atoms with Crippen LogP contribution in [0, 0.1) is 11.3 Å². The summed E-state index contributed by atoms with van der Waals surface area (Å²) in [5.74, 6) is -0.0173. The summed E-state index contributed by atoms with van der Waals surface area (Å²) in [6.07, 6.45) is 5.72. The molecule has 0 aromatic rings. The fourth-order valence-corrected chi connectivity index (χ4v) is 3.33. The predicted molar refractivity (Wildman–Crippen MR) is 71.2 cm³/mol. The van der Waals surface area contributed by atoms with Crippen molar-refractivity contribution in [3.05, 3.63) is 0 Å². The third-order valence-electron chi connectivity index (χ3n) is 4.58. The Kier molecular flexibility index (Phi) is 4.43. The first-order valence-electron chi connectivity index (χ1n) is 7.18. The minimum Gasteiger partial charge on any atom is -0.394 e. The molecule has 2 atom stereocenters. The molecule has 1 saturated carbocycles. The van der Waals surface area contributed by atoms with Crippen LogP contribution in [0.4, 0.5) is 0 Å². The van der Waals surface area contributed by atoms with Gasteiger partial charge in [-0.2, -0.15) is 5.26 Å².